The molecular weight excluding hydrogens is 252 g/mol. The molecule has 20 heavy (non-hydrogen) atoms. The van der Waals surface area contributed by atoms with Gasteiger partial charge in [-0.05, 0) is 26.0 Å². The fraction of sp³-hybridized carbons (Fsp3) is 0.467. The number of carbonyl (C=O) groups excluding carboxylic acids is 1. The molecule has 0 aliphatic carbocycles. The van der Waals surface area contributed by atoms with E-state index in [1.165, 1.54) is 0 Å². The van der Waals surface area contributed by atoms with Gasteiger partial charge in [-0.2, -0.15) is 0 Å². The number of pyridine rings is 1. The predicted molar refractivity (Wildman–Crippen MR) is 77.5 cm³/mol. The molecule has 2 aromatic rings. The first-order valence-corrected chi connectivity index (χ1v) is 7.08. The third-order valence-corrected chi connectivity index (χ3v) is 3.66. The summed E-state index contributed by atoms with van der Waals surface area (Å²) in [7, 11) is 0. The SMILES string of the molecule is C[C@H]1CN(C(=O)Cc2cn3ccccc3n2)C[C@H](C)N1. The minimum atomic E-state index is 0.161. The van der Waals surface area contributed by atoms with Gasteiger partial charge >= 0.3 is 0 Å². The number of nitrogens with zero attached hydrogens (tertiary/aromatic N) is 3. The zero-order chi connectivity index (χ0) is 14.1. The topological polar surface area (TPSA) is 49.6 Å². The van der Waals surface area contributed by atoms with Crippen LogP contribution in [0.15, 0.2) is 30.6 Å². The van der Waals surface area contributed by atoms with Gasteiger partial charge in [-0.25, -0.2) is 4.98 Å². The average molecular weight is 272 g/mol. The van der Waals surface area contributed by atoms with Crippen LogP contribution in [-0.4, -0.2) is 45.4 Å². The lowest BCUT2D eigenvalue weighted by Gasteiger charge is -2.36. The lowest BCUT2D eigenvalue weighted by molar-refractivity contribution is -0.132. The molecule has 2 atom stereocenters. The Balaban J connectivity index is 1.72. The van der Waals surface area contributed by atoms with Crippen LogP contribution in [0.25, 0.3) is 5.65 Å². The van der Waals surface area contributed by atoms with E-state index in [4.69, 9.17) is 0 Å². The van der Waals surface area contributed by atoms with E-state index in [1.807, 2.05) is 39.9 Å². The number of hydrogen-bond acceptors (Lipinski definition) is 3. The lowest BCUT2D eigenvalue weighted by Crippen LogP contribution is -2.56. The van der Waals surface area contributed by atoms with Crippen molar-refractivity contribution in [2.75, 3.05) is 13.1 Å². The molecule has 0 bridgehead atoms. The first-order chi connectivity index (χ1) is 9.61. The summed E-state index contributed by atoms with van der Waals surface area (Å²) in [6.45, 7) is 5.77. The van der Waals surface area contributed by atoms with Gasteiger partial charge in [-0.1, -0.05) is 6.07 Å². The molecule has 0 unspecified atom stereocenters. The smallest absolute Gasteiger partial charge is 0.228 e. The Morgan fingerprint density at radius 1 is 1.35 bits per heavy atom. The zero-order valence-electron chi connectivity index (χ0n) is 11.9. The highest BCUT2D eigenvalue weighted by atomic mass is 16.2. The summed E-state index contributed by atoms with van der Waals surface area (Å²) >= 11 is 0. The third kappa shape index (κ3) is 2.67. The molecule has 1 fully saturated rings. The van der Waals surface area contributed by atoms with Crippen LogP contribution in [-0.2, 0) is 11.2 Å². The van der Waals surface area contributed by atoms with E-state index in [9.17, 15) is 4.79 Å². The fourth-order valence-electron chi connectivity index (χ4n) is 2.87. The highest BCUT2D eigenvalue weighted by Crippen LogP contribution is 2.09. The van der Waals surface area contributed by atoms with Crippen molar-refractivity contribution in [2.24, 2.45) is 0 Å². The van der Waals surface area contributed by atoms with Gasteiger partial charge in [-0.3, -0.25) is 4.79 Å². The van der Waals surface area contributed by atoms with Crippen molar-refractivity contribution in [1.29, 1.82) is 0 Å². The van der Waals surface area contributed by atoms with Crippen LogP contribution in [0.1, 0.15) is 19.5 Å². The Labute approximate surface area is 118 Å². The normalized spacial score (nSPS) is 23.2. The summed E-state index contributed by atoms with van der Waals surface area (Å²) in [5.74, 6) is 0.161. The van der Waals surface area contributed by atoms with Crippen molar-refractivity contribution < 1.29 is 4.79 Å². The Morgan fingerprint density at radius 2 is 2.10 bits per heavy atom. The van der Waals surface area contributed by atoms with Crippen molar-refractivity contribution in [3.05, 3.63) is 36.3 Å². The molecule has 3 rings (SSSR count). The molecule has 1 aliphatic rings. The lowest BCUT2D eigenvalue weighted by atomic mass is 10.1. The van der Waals surface area contributed by atoms with E-state index in [1.54, 1.807) is 0 Å². The molecule has 0 spiro atoms. The molecule has 3 heterocycles. The Hall–Kier alpha value is -1.88. The second kappa shape index (κ2) is 5.25. The summed E-state index contributed by atoms with van der Waals surface area (Å²) in [6.07, 6.45) is 4.26. The summed E-state index contributed by atoms with van der Waals surface area (Å²) in [4.78, 5) is 18.8. The first-order valence-electron chi connectivity index (χ1n) is 7.08. The molecular formula is C15H20N4O. The number of rotatable bonds is 2. The van der Waals surface area contributed by atoms with Gasteiger partial charge in [0.25, 0.3) is 0 Å². The molecule has 106 valence electrons. The van der Waals surface area contributed by atoms with E-state index in [0.29, 0.717) is 18.5 Å². The van der Waals surface area contributed by atoms with E-state index in [2.05, 4.69) is 24.1 Å². The van der Waals surface area contributed by atoms with Crippen molar-refractivity contribution in [3.63, 3.8) is 0 Å². The number of piperazine rings is 1. The highest BCUT2D eigenvalue weighted by molar-refractivity contribution is 5.78. The standard InChI is InChI=1S/C15H20N4O/c1-11-8-19(9-12(2)16-11)15(20)7-13-10-18-6-4-3-5-14(18)17-13/h3-6,10-12,16H,7-9H2,1-2H3/t11-,12-/m0/s1. The Kier molecular flexibility index (Phi) is 3.44. The summed E-state index contributed by atoms with van der Waals surface area (Å²) < 4.78 is 1.95. The van der Waals surface area contributed by atoms with E-state index < -0.39 is 0 Å². The largest absolute Gasteiger partial charge is 0.339 e. The number of aromatic nitrogens is 2. The quantitative estimate of drug-likeness (QED) is 0.890. The molecule has 1 amide bonds. The van der Waals surface area contributed by atoms with Gasteiger partial charge in [0, 0.05) is 37.6 Å². The second-order valence-corrected chi connectivity index (χ2v) is 5.64. The molecule has 1 N–H and O–H groups in total. The monoisotopic (exact) mass is 272 g/mol. The van der Waals surface area contributed by atoms with Crippen LogP contribution >= 0.6 is 0 Å². The zero-order valence-corrected chi connectivity index (χ0v) is 11.9. The molecule has 5 nitrogen and oxygen atoms in total. The van der Waals surface area contributed by atoms with Gasteiger partial charge in [0.05, 0.1) is 12.1 Å². The minimum absolute atomic E-state index is 0.161. The van der Waals surface area contributed by atoms with E-state index in [0.717, 1.165) is 24.4 Å². The maximum atomic E-state index is 12.4. The van der Waals surface area contributed by atoms with Crippen molar-refractivity contribution in [1.82, 2.24) is 19.6 Å². The molecule has 1 saturated heterocycles. The maximum Gasteiger partial charge on any atom is 0.228 e. The molecule has 0 saturated carbocycles. The Morgan fingerprint density at radius 3 is 2.80 bits per heavy atom. The molecule has 1 aliphatic heterocycles. The molecule has 0 aromatic carbocycles. The van der Waals surface area contributed by atoms with Crippen molar-refractivity contribution in [3.8, 4) is 0 Å². The summed E-state index contributed by atoms with van der Waals surface area (Å²) in [5, 5.41) is 3.44. The maximum absolute atomic E-state index is 12.4. The molecule has 0 radical (unpaired) electrons. The van der Waals surface area contributed by atoms with Crippen LogP contribution in [0.2, 0.25) is 0 Å². The van der Waals surface area contributed by atoms with Crippen molar-refractivity contribution >= 4 is 11.6 Å². The van der Waals surface area contributed by atoms with Gasteiger partial charge in [0.15, 0.2) is 0 Å². The van der Waals surface area contributed by atoms with Gasteiger partial charge in [0.2, 0.25) is 5.91 Å². The second-order valence-electron chi connectivity index (χ2n) is 5.64. The van der Waals surface area contributed by atoms with Crippen LogP contribution in [0.5, 0.6) is 0 Å². The molecule has 2 aromatic heterocycles. The third-order valence-electron chi connectivity index (χ3n) is 3.66. The van der Waals surface area contributed by atoms with E-state index >= 15 is 0 Å². The van der Waals surface area contributed by atoms with Gasteiger partial charge < -0.3 is 14.6 Å². The minimum Gasteiger partial charge on any atom is -0.339 e. The van der Waals surface area contributed by atoms with Gasteiger partial charge in [-0.15, -0.1) is 0 Å². The van der Waals surface area contributed by atoms with Crippen LogP contribution in [0, 0.1) is 0 Å². The summed E-state index contributed by atoms with van der Waals surface area (Å²) in [6, 6.07) is 6.56. The van der Waals surface area contributed by atoms with Gasteiger partial charge in [0.1, 0.15) is 5.65 Å². The van der Waals surface area contributed by atoms with E-state index in [-0.39, 0.29) is 5.91 Å². The van der Waals surface area contributed by atoms with Crippen LogP contribution < -0.4 is 5.32 Å². The predicted octanol–water partition coefficient (Wildman–Crippen LogP) is 1.09. The number of imidazole rings is 1. The highest BCUT2D eigenvalue weighted by Gasteiger charge is 2.25. The summed E-state index contributed by atoms with van der Waals surface area (Å²) in [5.41, 5.74) is 1.72. The van der Waals surface area contributed by atoms with Crippen molar-refractivity contribution in [2.45, 2.75) is 32.4 Å². The fourth-order valence-corrected chi connectivity index (χ4v) is 2.87. The van der Waals surface area contributed by atoms with Crippen LogP contribution in [0.3, 0.4) is 0 Å². The van der Waals surface area contributed by atoms with Crippen LogP contribution in [0.4, 0.5) is 0 Å². The average Bonchev–Trinajstić information content (AvgIpc) is 2.79. The Bertz CT molecular complexity index is 578. The number of hydrogen-bond donors (Lipinski definition) is 1. The molecule has 5 heteroatoms. The number of fused-ring (bicyclic) bond motifs is 1. The number of carbonyl (C=O) groups is 1. The number of amides is 1. The number of nitrogens with one attached hydrogen (secondary N) is 1. The first kappa shape index (κ1) is 13.1.